The van der Waals surface area contributed by atoms with E-state index in [2.05, 4.69) is 23.2 Å². The number of hydrogen-bond acceptors (Lipinski definition) is 4. The molecule has 21 heavy (non-hydrogen) atoms. The SMILES string of the molecule is COc1ccc(C)cc1CN(CC(N)=O)C1CCNCC1. The van der Waals surface area contributed by atoms with E-state index in [1.165, 1.54) is 5.56 Å². The van der Waals surface area contributed by atoms with Crippen molar-refractivity contribution in [1.29, 1.82) is 0 Å². The molecule has 1 heterocycles. The van der Waals surface area contributed by atoms with Crippen molar-refractivity contribution in [1.82, 2.24) is 10.2 Å². The number of nitrogens with two attached hydrogens (primary N) is 1. The van der Waals surface area contributed by atoms with Crippen LogP contribution in [0, 0.1) is 6.92 Å². The minimum absolute atomic E-state index is 0.278. The van der Waals surface area contributed by atoms with Crippen LogP contribution in [0.15, 0.2) is 18.2 Å². The monoisotopic (exact) mass is 291 g/mol. The number of ether oxygens (including phenoxy) is 1. The van der Waals surface area contributed by atoms with Crippen molar-refractivity contribution in [3.63, 3.8) is 0 Å². The van der Waals surface area contributed by atoms with E-state index in [0.717, 1.165) is 37.2 Å². The molecule has 1 aliphatic rings. The van der Waals surface area contributed by atoms with Gasteiger partial charge in [0.1, 0.15) is 5.75 Å². The van der Waals surface area contributed by atoms with Crippen LogP contribution in [0.2, 0.25) is 0 Å². The summed E-state index contributed by atoms with van der Waals surface area (Å²) in [7, 11) is 1.68. The van der Waals surface area contributed by atoms with Gasteiger partial charge >= 0.3 is 0 Å². The van der Waals surface area contributed by atoms with Crippen LogP contribution in [0.25, 0.3) is 0 Å². The lowest BCUT2D eigenvalue weighted by atomic mass is 10.0. The number of primary amides is 1. The highest BCUT2D eigenvalue weighted by Crippen LogP contribution is 2.23. The Hall–Kier alpha value is -1.59. The highest BCUT2D eigenvalue weighted by molar-refractivity contribution is 5.76. The van der Waals surface area contributed by atoms with E-state index in [9.17, 15) is 4.79 Å². The second-order valence-corrected chi connectivity index (χ2v) is 5.67. The summed E-state index contributed by atoms with van der Waals surface area (Å²) < 4.78 is 5.44. The van der Waals surface area contributed by atoms with Gasteiger partial charge in [0, 0.05) is 18.2 Å². The summed E-state index contributed by atoms with van der Waals surface area (Å²) in [5.74, 6) is 0.587. The van der Waals surface area contributed by atoms with Gasteiger partial charge in [-0.05, 0) is 38.9 Å². The number of methoxy groups -OCH3 is 1. The lowest BCUT2D eigenvalue weighted by Gasteiger charge is -2.34. The molecule has 0 atom stereocenters. The lowest BCUT2D eigenvalue weighted by molar-refractivity contribution is -0.120. The molecule has 5 heteroatoms. The molecule has 3 N–H and O–H groups in total. The number of benzene rings is 1. The van der Waals surface area contributed by atoms with Crippen LogP contribution in [0.3, 0.4) is 0 Å². The van der Waals surface area contributed by atoms with Gasteiger partial charge in [-0.15, -0.1) is 0 Å². The third kappa shape index (κ3) is 4.44. The van der Waals surface area contributed by atoms with E-state index in [0.29, 0.717) is 19.1 Å². The van der Waals surface area contributed by atoms with Crippen LogP contribution in [0.1, 0.15) is 24.0 Å². The Kier molecular flexibility index (Phi) is 5.59. The number of hydrogen-bond donors (Lipinski definition) is 2. The number of nitrogens with zero attached hydrogens (tertiary/aromatic N) is 1. The fraction of sp³-hybridized carbons (Fsp3) is 0.562. The van der Waals surface area contributed by atoms with Gasteiger partial charge in [-0.2, -0.15) is 0 Å². The molecule has 0 aliphatic carbocycles. The van der Waals surface area contributed by atoms with Crippen molar-refractivity contribution in [2.45, 2.75) is 32.4 Å². The van der Waals surface area contributed by atoms with Gasteiger partial charge < -0.3 is 15.8 Å². The van der Waals surface area contributed by atoms with Crippen molar-refractivity contribution >= 4 is 5.91 Å². The molecule has 0 aromatic heterocycles. The van der Waals surface area contributed by atoms with Crippen LogP contribution < -0.4 is 15.8 Å². The largest absolute Gasteiger partial charge is 0.496 e. The first-order valence-electron chi connectivity index (χ1n) is 7.46. The minimum atomic E-state index is -0.278. The molecule has 1 aromatic carbocycles. The molecule has 116 valence electrons. The Bertz CT molecular complexity index is 484. The molecule has 0 spiro atoms. The smallest absolute Gasteiger partial charge is 0.231 e. The predicted octanol–water partition coefficient (Wildman–Crippen LogP) is 1.04. The normalized spacial score (nSPS) is 16.1. The molecule has 1 amide bonds. The number of piperidine rings is 1. The minimum Gasteiger partial charge on any atom is -0.496 e. The molecule has 0 radical (unpaired) electrons. The molecule has 5 nitrogen and oxygen atoms in total. The quantitative estimate of drug-likeness (QED) is 0.822. The number of carbonyl (C=O) groups is 1. The van der Waals surface area contributed by atoms with Gasteiger partial charge in [0.05, 0.1) is 13.7 Å². The third-order valence-corrected chi connectivity index (χ3v) is 3.99. The van der Waals surface area contributed by atoms with Crippen LogP contribution in [-0.4, -0.2) is 43.6 Å². The number of rotatable bonds is 6. The Morgan fingerprint density at radius 2 is 2.14 bits per heavy atom. The van der Waals surface area contributed by atoms with E-state index in [1.807, 2.05) is 12.1 Å². The molecule has 1 aliphatic heterocycles. The van der Waals surface area contributed by atoms with Crippen LogP contribution >= 0.6 is 0 Å². The maximum Gasteiger partial charge on any atom is 0.231 e. The van der Waals surface area contributed by atoms with E-state index >= 15 is 0 Å². The van der Waals surface area contributed by atoms with Gasteiger partial charge in [0.25, 0.3) is 0 Å². The average molecular weight is 291 g/mol. The number of nitrogens with one attached hydrogen (secondary N) is 1. The van der Waals surface area contributed by atoms with Crippen LogP contribution in [0.5, 0.6) is 5.75 Å². The molecule has 1 fully saturated rings. The highest BCUT2D eigenvalue weighted by atomic mass is 16.5. The molecule has 0 saturated carbocycles. The molecular formula is C16H25N3O2. The van der Waals surface area contributed by atoms with Gasteiger partial charge in [-0.1, -0.05) is 17.7 Å². The fourth-order valence-electron chi connectivity index (χ4n) is 2.94. The number of amides is 1. The molecule has 0 bridgehead atoms. The van der Waals surface area contributed by atoms with Gasteiger partial charge in [0.15, 0.2) is 0 Å². The summed E-state index contributed by atoms with van der Waals surface area (Å²) >= 11 is 0. The molecule has 1 saturated heterocycles. The van der Waals surface area contributed by atoms with Gasteiger partial charge in [0.2, 0.25) is 5.91 Å². The first-order valence-corrected chi connectivity index (χ1v) is 7.46. The standard InChI is InChI=1S/C16H25N3O2/c1-12-3-4-15(21-2)13(9-12)10-19(11-16(17)20)14-5-7-18-8-6-14/h3-4,9,14,18H,5-8,10-11H2,1-2H3,(H2,17,20). The third-order valence-electron chi connectivity index (χ3n) is 3.99. The van der Waals surface area contributed by atoms with E-state index in [4.69, 9.17) is 10.5 Å². The zero-order chi connectivity index (χ0) is 15.2. The maximum atomic E-state index is 11.4. The topological polar surface area (TPSA) is 67.6 Å². The van der Waals surface area contributed by atoms with Crippen LogP contribution in [-0.2, 0) is 11.3 Å². The Morgan fingerprint density at radius 1 is 1.43 bits per heavy atom. The van der Waals surface area contributed by atoms with E-state index in [-0.39, 0.29) is 5.91 Å². The molecule has 2 rings (SSSR count). The summed E-state index contributed by atoms with van der Waals surface area (Å²) in [6, 6.07) is 6.53. The number of carbonyl (C=O) groups excluding carboxylic acids is 1. The molecule has 0 unspecified atom stereocenters. The second-order valence-electron chi connectivity index (χ2n) is 5.67. The van der Waals surface area contributed by atoms with Gasteiger partial charge in [-0.25, -0.2) is 0 Å². The predicted molar refractivity (Wildman–Crippen MR) is 83.2 cm³/mol. The van der Waals surface area contributed by atoms with Crippen molar-refractivity contribution in [3.8, 4) is 5.75 Å². The van der Waals surface area contributed by atoms with Crippen LogP contribution in [0.4, 0.5) is 0 Å². The summed E-state index contributed by atoms with van der Waals surface area (Å²) in [6.07, 6.45) is 2.09. The van der Waals surface area contributed by atoms with Gasteiger partial charge in [-0.3, -0.25) is 9.69 Å². The van der Waals surface area contributed by atoms with E-state index in [1.54, 1.807) is 7.11 Å². The Labute approximate surface area is 126 Å². The second kappa shape index (κ2) is 7.43. The summed E-state index contributed by atoms with van der Waals surface area (Å²) in [6.45, 7) is 5.03. The summed E-state index contributed by atoms with van der Waals surface area (Å²) in [4.78, 5) is 13.6. The van der Waals surface area contributed by atoms with Crippen molar-refractivity contribution < 1.29 is 9.53 Å². The summed E-state index contributed by atoms with van der Waals surface area (Å²) in [5.41, 5.74) is 7.73. The number of aryl methyl sites for hydroxylation is 1. The molecular weight excluding hydrogens is 266 g/mol. The first-order chi connectivity index (χ1) is 10.1. The highest BCUT2D eigenvalue weighted by Gasteiger charge is 2.23. The lowest BCUT2D eigenvalue weighted by Crippen LogP contribution is -2.46. The average Bonchev–Trinajstić information content (AvgIpc) is 2.47. The Morgan fingerprint density at radius 3 is 2.76 bits per heavy atom. The maximum absolute atomic E-state index is 11.4. The molecule has 1 aromatic rings. The Balaban J connectivity index is 2.17. The fourth-order valence-corrected chi connectivity index (χ4v) is 2.94. The van der Waals surface area contributed by atoms with Crippen molar-refractivity contribution in [2.24, 2.45) is 5.73 Å². The zero-order valence-corrected chi connectivity index (χ0v) is 12.9. The first kappa shape index (κ1) is 15.8. The van der Waals surface area contributed by atoms with Crippen molar-refractivity contribution in [2.75, 3.05) is 26.7 Å². The zero-order valence-electron chi connectivity index (χ0n) is 12.9. The van der Waals surface area contributed by atoms with Crippen molar-refractivity contribution in [3.05, 3.63) is 29.3 Å². The summed E-state index contributed by atoms with van der Waals surface area (Å²) in [5, 5.41) is 3.35. The van der Waals surface area contributed by atoms with E-state index < -0.39 is 0 Å².